The van der Waals surface area contributed by atoms with Crippen LogP contribution in [-0.2, 0) is 19.1 Å². The SMILES string of the molecule is COCCN1CC(C(=O)N[C@H](CCO)C(=O)O)CC1=O. The van der Waals surface area contributed by atoms with Crippen molar-refractivity contribution < 1.29 is 29.3 Å². The van der Waals surface area contributed by atoms with Gasteiger partial charge in [-0.25, -0.2) is 4.79 Å². The lowest BCUT2D eigenvalue weighted by molar-refractivity contribution is -0.142. The Hall–Kier alpha value is -1.67. The lowest BCUT2D eigenvalue weighted by Gasteiger charge is -2.17. The highest BCUT2D eigenvalue weighted by molar-refractivity contribution is 5.91. The Morgan fingerprint density at radius 1 is 1.55 bits per heavy atom. The zero-order valence-electron chi connectivity index (χ0n) is 11.4. The lowest BCUT2D eigenvalue weighted by Crippen LogP contribution is -2.44. The van der Waals surface area contributed by atoms with Gasteiger partial charge >= 0.3 is 5.97 Å². The van der Waals surface area contributed by atoms with E-state index >= 15 is 0 Å². The predicted molar refractivity (Wildman–Crippen MR) is 67.8 cm³/mol. The van der Waals surface area contributed by atoms with Crippen molar-refractivity contribution in [3.8, 4) is 0 Å². The molecule has 0 saturated carbocycles. The summed E-state index contributed by atoms with van der Waals surface area (Å²) >= 11 is 0. The van der Waals surface area contributed by atoms with Crippen LogP contribution in [0.4, 0.5) is 0 Å². The summed E-state index contributed by atoms with van der Waals surface area (Å²) in [5.41, 5.74) is 0. The van der Waals surface area contributed by atoms with Crippen LogP contribution in [0.1, 0.15) is 12.8 Å². The van der Waals surface area contributed by atoms with E-state index in [1.165, 1.54) is 12.0 Å². The fourth-order valence-corrected chi connectivity index (χ4v) is 2.04. The van der Waals surface area contributed by atoms with Crippen LogP contribution in [0.2, 0.25) is 0 Å². The largest absolute Gasteiger partial charge is 0.480 e. The standard InChI is InChI=1S/C12H20N2O6/c1-20-5-3-14-7-8(6-10(14)16)11(17)13-9(2-4-15)12(18)19/h8-9,15H,2-7H2,1H3,(H,13,17)(H,18,19)/t8?,9-/m1/s1. The monoisotopic (exact) mass is 288 g/mol. The molecule has 1 aliphatic rings. The Balaban J connectivity index is 2.52. The summed E-state index contributed by atoms with van der Waals surface area (Å²) in [5.74, 6) is -2.37. The predicted octanol–water partition coefficient (Wildman–Crippen LogP) is -1.57. The van der Waals surface area contributed by atoms with Crippen molar-refractivity contribution in [2.45, 2.75) is 18.9 Å². The molecule has 0 aliphatic carbocycles. The van der Waals surface area contributed by atoms with Gasteiger partial charge in [0.05, 0.1) is 12.5 Å². The van der Waals surface area contributed by atoms with Gasteiger partial charge in [0.1, 0.15) is 6.04 Å². The second kappa shape index (κ2) is 7.81. The Morgan fingerprint density at radius 2 is 2.25 bits per heavy atom. The van der Waals surface area contributed by atoms with Crippen LogP contribution in [0, 0.1) is 5.92 Å². The Kier molecular flexibility index (Phi) is 6.40. The Labute approximate surface area is 116 Å². The number of ether oxygens (including phenoxy) is 1. The van der Waals surface area contributed by atoms with E-state index in [1.54, 1.807) is 0 Å². The van der Waals surface area contributed by atoms with Gasteiger partial charge < -0.3 is 25.2 Å². The molecule has 1 heterocycles. The number of aliphatic hydroxyl groups is 1. The number of rotatable bonds is 8. The van der Waals surface area contributed by atoms with E-state index in [1.807, 2.05) is 0 Å². The molecular weight excluding hydrogens is 268 g/mol. The van der Waals surface area contributed by atoms with E-state index in [0.29, 0.717) is 13.2 Å². The molecule has 8 nitrogen and oxygen atoms in total. The maximum Gasteiger partial charge on any atom is 0.326 e. The third-order valence-electron chi connectivity index (χ3n) is 3.18. The number of nitrogens with zero attached hydrogens (tertiary/aromatic N) is 1. The van der Waals surface area contributed by atoms with Gasteiger partial charge in [0.25, 0.3) is 0 Å². The number of aliphatic hydroxyl groups excluding tert-OH is 1. The highest BCUT2D eigenvalue weighted by atomic mass is 16.5. The third-order valence-corrected chi connectivity index (χ3v) is 3.18. The first-order valence-corrected chi connectivity index (χ1v) is 6.40. The van der Waals surface area contributed by atoms with Gasteiger partial charge in [0.2, 0.25) is 11.8 Å². The smallest absolute Gasteiger partial charge is 0.326 e. The second-order valence-electron chi connectivity index (χ2n) is 4.65. The molecule has 0 spiro atoms. The molecule has 0 radical (unpaired) electrons. The van der Waals surface area contributed by atoms with E-state index in [0.717, 1.165) is 0 Å². The third kappa shape index (κ3) is 4.46. The van der Waals surface area contributed by atoms with Crippen LogP contribution < -0.4 is 5.32 Å². The first kappa shape index (κ1) is 16.4. The van der Waals surface area contributed by atoms with Crippen LogP contribution in [0.15, 0.2) is 0 Å². The van der Waals surface area contributed by atoms with E-state index in [4.69, 9.17) is 14.9 Å². The molecule has 1 rings (SSSR count). The van der Waals surface area contributed by atoms with E-state index < -0.39 is 23.8 Å². The summed E-state index contributed by atoms with van der Waals surface area (Å²) in [7, 11) is 1.52. The molecule has 1 fully saturated rings. The highest BCUT2D eigenvalue weighted by Gasteiger charge is 2.35. The molecule has 3 N–H and O–H groups in total. The highest BCUT2D eigenvalue weighted by Crippen LogP contribution is 2.17. The average molecular weight is 288 g/mol. The zero-order chi connectivity index (χ0) is 15.1. The van der Waals surface area contributed by atoms with E-state index in [-0.39, 0.29) is 31.9 Å². The molecule has 20 heavy (non-hydrogen) atoms. The zero-order valence-corrected chi connectivity index (χ0v) is 11.4. The van der Waals surface area contributed by atoms with Crippen LogP contribution >= 0.6 is 0 Å². The first-order chi connectivity index (χ1) is 9.49. The van der Waals surface area contributed by atoms with Crippen LogP contribution in [0.5, 0.6) is 0 Å². The first-order valence-electron chi connectivity index (χ1n) is 6.40. The fraction of sp³-hybridized carbons (Fsp3) is 0.750. The van der Waals surface area contributed by atoms with Crippen molar-refractivity contribution in [2.75, 3.05) is 33.4 Å². The number of carbonyl (C=O) groups is 3. The summed E-state index contributed by atoms with van der Waals surface area (Å²) < 4.78 is 4.88. The quantitative estimate of drug-likeness (QED) is 0.497. The minimum Gasteiger partial charge on any atom is -0.480 e. The van der Waals surface area contributed by atoms with Crippen molar-refractivity contribution >= 4 is 17.8 Å². The molecule has 1 aliphatic heterocycles. The van der Waals surface area contributed by atoms with Crippen molar-refractivity contribution in [3.63, 3.8) is 0 Å². The minimum absolute atomic E-state index is 0.0604. The molecule has 2 atom stereocenters. The second-order valence-corrected chi connectivity index (χ2v) is 4.65. The number of carboxylic acids is 1. The number of carbonyl (C=O) groups excluding carboxylic acids is 2. The van der Waals surface area contributed by atoms with E-state index in [2.05, 4.69) is 5.32 Å². The van der Waals surface area contributed by atoms with Gasteiger partial charge in [-0.05, 0) is 0 Å². The lowest BCUT2D eigenvalue weighted by atomic mass is 10.1. The molecule has 0 aromatic carbocycles. The molecule has 8 heteroatoms. The van der Waals surface area contributed by atoms with Gasteiger partial charge in [-0.3, -0.25) is 9.59 Å². The molecule has 0 aromatic rings. The van der Waals surface area contributed by atoms with Gasteiger partial charge in [-0.2, -0.15) is 0 Å². The van der Waals surface area contributed by atoms with Crippen molar-refractivity contribution in [1.29, 1.82) is 0 Å². The minimum atomic E-state index is -1.20. The number of hydrogen-bond acceptors (Lipinski definition) is 5. The van der Waals surface area contributed by atoms with Crippen molar-refractivity contribution in [2.24, 2.45) is 5.92 Å². The molecule has 2 amide bonds. The summed E-state index contributed by atoms with van der Waals surface area (Å²) in [4.78, 5) is 36.0. The normalized spacial score (nSPS) is 20.0. The molecule has 0 bridgehead atoms. The summed E-state index contributed by atoms with van der Waals surface area (Å²) in [6.45, 7) is 0.737. The van der Waals surface area contributed by atoms with Gasteiger partial charge in [-0.15, -0.1) is 0 Å². The summed E-state index contributed by atoms with van der Waals surface area (Å²) in [5, 5.41) is 20.0. The number of methoxy groups -OCH3 is 1. The molecule has 1 unspecified atom stereocenters. The molecule has 114 valence electrons. The maximum atomic E-state index is 11.9. The average Bonchev–Trinajstić information content (AvgIpc) is 2.77. The van der Waals surface area contributed by atoms with Crippen molar-refractivity contribution in [1.82, 2.24) is 10.2 Å². The molecule has 0 aromatic heterocycles. The number of amides is 2. The molecular formula is C12H20N2O6. The number of nitrogens with one attached hydrogen (secondary N) is 1. The summed E-state index contributed by atoms with van der Waals surface area (Å²) in [6, 6.07) is -1.13. The van der Waals surface area contributed by atoms with Gasteiger partial charge in [0.15, 0.2) is 0 Å². The maximum absolute atomic E-state index is 11.9. The summed E-state index contributed by atoms with van der Waals surface area (Å²) in [6.07, 6.45) is 0.0101. The molecule has 1 saturated heterocycles. The number of hydrogen-bond donors (Lipinski definition) is 3. The van der Waals surface area contributed by atoms with Crippen LogP contribution in [-0.4, -0.2) is 72.4 Å². The fourth-order valence-electron chi connectivity index (χ4n) is 2.04. The van der Waals surface area contributed by atoms with Gasteiger partial charge in [-0.1, -0.05) is 0 Å². The number of carboxylic acid groups (broad SMARTS) is 1. The topological polar surface area (TPSA) is 116 Å². The van der Waals surface area contributed by atoms with Crippen LogP contribution in [0.25, 0.3) is 0 Å². The van der Waals surface area contributed by atoms with Crippen molar-refractivity contribution in [3.05, 3.63) is 0 Å². The van der Waals surface area contributed by atoms with Gasteiger partial charge in [0, 0.05) is 39.6 Å². The number of aliphatic carboxylic acids is 1. The Bertz CT molecular complexity index is 373. The Morgan fingerprint density at radius 3 is 2.80 bits per heavy atom. The number of likely N-dealkylation sites (tertiary alicyclic amines) is 1. The van der Waals surface area contributed by atoms with E-state index in [9.17, 15) is 14.4 Å². The van der Waals surface area contributed by atoms with Crippen LogP contribution in [0.3, 0.4) is 0 Å².